The highest BCUT2D eigenvalue weighted by Gasteiger charge is 1.95. The molecule has 7 heavy (non-hydrogen) atoms. The van der Waals surface area contributed by atoms with Gasteiger partial charge in [-0.25, -0.2) is 11.0 Å². The first-order valence-corrected chi connectivity index (χ1v) is 2.33. The second-order valence-electron chi connectivity index (χ2n) is 1.49. The van der Waals surface area contributed by atoms with Gasteiger partial charge >= 0.3 is 0 Å². The SMILES string of the molecule is [O-]N1CCCNN1. The highest BCUT2D eigenvalue weighted by atomic mass is 16.5. The number of nitrogens with one attached hydrogen (secondary N) is 2. The minimum atomic E-state index is 0.590. The van der Waals surface area contributed by atoms with Gasteiger partial charge in [0.05, 0.1) is 0 Å². The van der Waals surface area contributed by atoms with Gasteiger partial charge in [-0.15, -0.1) is 0 Å². The van der Waals surface area contributed by atoms with Gasteiger partial charge in [-0.1, -0.05) is 0 Å². The lowest BCUT2D eigenvalue weighted by Crippen LogP contribution is -2.49. The van der Waals surface area contributed by atoms with Crippen molar-refractivity contribution in [3.05, 3.63) is 5.21 Å². The number of rotatable bonds is 0. The molecule has 0 aromatic rings. The van der Waals surface area contributed by atoms with Gasteiger partial charge in [-0.05, 0) is 6.42 Å². The van der Waals surface area contributed by atoms with E-state index < -0.39 is 0 Å². The van der Waals surface area contributed by atoms with E-state index in [1.807, 2.05) is 0 Å². The molecule has 0 saturated carbocycles. The standard InChI is InChI=1S/C3H8N3O/c7-6-3-1-2-4-5-6/h4-5H,1-3H2/q-1. The van der Waals surface area contributed by atoms with E-state index in [-0.39, 0.29) is 0 Å². The second kappa shape index (κ2) is 2.23. The number of hydrogen-bond donors (Lipinski definition) is 2. The minimum absolute atomic E-state index is 0.590. The highest BCUT2D eigenvalue weighted by Crippen LogP contribution is 1.84. The van der Waals surface area contributed by atoms with Crippen LogP contribution in [0, 0.1) is 5.21 Å². The summed E-state index contributed by atoms with van der Waals surface area (Å²) in [5.74, 6) is 0. The molecule has 1 rings (SSSR count). The van der Waals surface area contributed by atoms with Crippen molar-refractivity contribution in [3.8, 4) is 0 Å². The summed E-state index contributed by atoms with van der Waals surface area (Å²) in [5, 5.41) is 11.0. The van der Waals surface area contributed by atoms with Crippen LogP contribution in [0.15, 0.2) is 0 Å². The molecular weight excluding hydrogens is 94.1 g/mol. The predicted octanol–water partition coefficient (Wildman–Crippen LogP) is -0.801. The quantitative estimate of drug-likeness (QED) is 0.420. The topological polar surface area (TPSA) is 50.4 Å². The van der Waals surface area contributed by atoms with Gasteiger partial charge in [0.2, 0.25) is 0 Å². The van der Waals surface area contributed by atoms with E-state index in [4.69, 9.17) is 0 Å². The average Bonchev–Trinajstić information content (AvgIpc) is 1.69. The van der Waals surface area contributed by atoms with E-state index in [0.717, 1.165) is 18.1 Å². The molecule has 2 N–H and O–H groups in total. The fourth-order valence-corrected chi connectivity index (χ4v) is 0.511. The van der Waals surface area contributed by atoms with Crippen LogP contribution in [0.25, 0.3) is 0 Å². The van der Waals surface area contributed by atoms with Crippen LogP contribution in [0.3, 0.4) is 0 Å². The maximum Gasteiger partial charge on any atom is 0.0125 e. The normalized spacial score (nSPS) is 25.3. The molecule has 4 heteroatoms. The molecule has 42 valence electrons. The molecule has 0 bridgehead atoms. The van der Waals surface area contributed by atoms with Crippen LogP contribution >= 0.6 is 0 Å². The van der Waals surface area contributed by atoms with Gasteiger partial charge in [-0.2, -0.15) is 0 Å². The molecule has 0 unspecified atom stereocenters. The first-order chi connectivity index (χ1) is 3.39. The van der Waals surface area contributed by atoms with Gasteiger partial charge in [0.15, 0.2) is 0 Å². The molecular formula is C3H8N3O-. The molecule has 0 amide bonds. The zero-order valence-electron chi connectivity index (χ0n) is 3.98. The summed E-state index contributed by atoms with van der Waals surface area (Å²) in [6.45, 7) is 1.48. The molecule has 1 aliphatic heterocycles. The summed E-state index contributed by atoms with van der Waals surface area (Å²) in [5.41, 5.74) is 5.11. The van der Waals surface area contributed by atoms with E-state index in [9.17, 15) is 5.21 Å². The largest absolute Gasteiger partial charge is 0.771 e. The Morgan fingerprint density at radius 3 is 2.71 bits per heavy atom. The van der Waals surface area contributed by atoms with Crippen LogP contribution in [-0.2, 0) is 0 Å². The molecule has 0 atom stereocenters. The molecule has 0 aliphatic carbocycles. The first kappa shape index (κ1) is 4.99. The molecule has 1 fully saturated rings. The summed E-state index contributed by atoms with van der Waals surface area (Å²) >= 11 is 0. The lowest BCUT2D eigenvalue weighted by Gasteiger charge is -2.32. The Hall–Kier alpha value is -0.160. The summed E-state index contributed by atoms with van der Waals surface area (Å²) in [4.78, 5) is 0. The zero-order valence-corrected chi connectivity index (χ0v) is 3.98. The maximum atomic E-state index is 10.2. The van der Waals surface area contributed by atoms with Crippen LogP contribution in [0.2, 0.25) is 0 Å². The minimum Gasteiger partial charge on any atom is -0.771 e. The van der Waals surface area contributed by atoms with Gasteiger partial charge < -0.3 is 10.4 Å². The lowest BCUT2D eigenvalue weighted by molar-refractivity contribution is 0.181. The van der Waals surface area contributed by atoms with Crippen molar-refractivity contribution in [1.29, 1.82) is 0 Å². The van der Waals surface area contributed by atoms with Crippen LogP contribution in [-0.4, -0.2) is 18.3 Å². The Labute approximate surface area is 42.0 Å². The Morgan fingerprint density at radius 1 is 1.57 bits per heavy atom. The van der Waals surface area contributed by atoms with Crippen molar-refractivity contribution in [2.75, 3.05) is 13.1 Å². The van der Waals surface area contributed by atoms with Gasteiger partial charge in [0.1, 0.15) is 0 Å². The number of hydrogen-bond acceptors (Lipinski definition) is 4. The number of hydrazine groups is 2. The second-order valence-corrected chi connectivity index (χ2v) is 1.49. The molecule has 0 spiro atoms. The summed E-state index contributed by atoms with van der Waals surface area (Å²) < 4.78 is 0. The summed E-state index contributed by atoms with van der Waals surface area (Å²) in [6.07, 6.45) is 0.927. The fourth-order valence-electron chi connectivity index (χ4n) is 0.511. The van der Waals surface area contributed by atoms with E-state index in [1.165, 1.54) is 0 Å². The number of nitrogens with zero attached hydrogens (tertiary/aromatic N) is 1. The fraction of sp³-hybridized carbons (Fsp3) is 1.00. The van der Waals surface area contributed by atoms with Gasteiger partial charge in [0.25, 0.3) is 0 Å². The van der Waals surface area contributed by atoms with Crippen molar-refractivity contribution in [1.82, 2.24) is 16.1 Å². The summed E-state index contributed by atoms with van der Waals surface area (Å²) in [6, 6.07) is 0. The number of hydroxylamine groups is 1. The van der Waals surface area contributed by atoms with E-state index in [0.29, 0.717) is 6.54 Å². The van der Waals surface area contributed by atoms with Crippen LogP contribution in [0.5, 0.6) is 0 Å². The average molecular weight is 102 g/mol. The highest BCUT2D eigenvalue weighted by molar-refractivity contribution is 4.55. The Morgan fingerprint density at radius 2 is 2.43 bits per heavy atom. The van der Waals surface area contributed by atoms with E-state index >= 15 is 0 Å². The van der Waals surface area contributed by atoms with Crippen molar-refractivity contribution < 1.29 is 0 Å². The first-order valence-electron chi connectivity index (χ1n) is 2.33. The maximum absolute atomic E-state index is 10.2. The van der Waals surface area contributed by atoms with Crippen LogP contribution in [0.1, 0.15) is 6.42 Å². The molecule has 0 radical (unpaired) electrons. The van der Waals surface area contributed by atoms with Crippen molar-refractivity contribution in [2.24, 2.45) is 0 Å². The third-order valence-corrected chi connectivity index (χ3v) is 0.867. The zero-order chi connectivity index (χ0) is 5.11. The molecule has 1 heterocycles. The summed E-state index contributed by atoms with van der Waals surface area (Å²) in [7, 11) is 0. The van der Waals surface area contributed by atoms with Crippen LogP contribution in [0.4, 0.5) is 0 Å². The molecule has 0 aromatic heterocycles. The van der Waals surface area contributed by atoms with Gasteiger partial charge in [-0.3, -0.25) is 0 Å². The van der Waals surface area contributed by atoms with E-state index in [1.54, 1.807) is 0 Å². The monoisotopic (exact) mass is 102 g/mol. The Kier molecular flexibility index (Phi) is 1.59. The predicted molar refractivity (Wildman–Crippen MR) is 25.8 cm³/mol. The van der Waals surface area contributed by atoms with Crippen molar-refractivity contribution in [3.63, 3.8) is 0 Å². The third-order valence-electron chi connectivity index (χ3n) is 0.867. The molecule has 0 aromatic carbocycles. The smallest absolute Gasteiger partial charge is 0.0125 e. The van der Waals surface area contributed by atoms with Gasteiger partial charge in [0, 0.05) is 13.1 Å². The van der Waals surface area contributed by atoms with E-state index in [2.05, 4.69) is 11.0 Å². The third kappa shape index (κ3) is 1.40. The van der Waals surface area contributed by atoms with Crippen molar-refractivity contribution >= 4 is 0 Å². The Balaban J connectivity index is 2.12. The lowest BCUT2D eigenvalue weighted by atomic mass is 10.4. The van der Waals surface area contributed by atoms with Crippen molar-refractivity contribution in [2.45, 2.75) is 6.42 Å². The Bertz CT molecular complexity index is 52.1. The molecule has 4 nitrogen and oxygen atoms in total. The van der Waals surface area contributed by atoms with Crippen LogP contribution < -0.4 is 11.0 Å². The molecule has 1 saturated heterocycles. The molecule has 1 aliphatic rings.